The zero-order valence-corrected chi connectivity index (χ0v) is 66.6. The zero-order chi connectivity index (χ0) is 75.3. The lowest BCUT2D eigenvalue weighted by Crippen LogP contribution is -2.37. The van der Waals surface area contributed by atoms with Gasteiger partial charge in [-0.25, -0.2) is 0 Å². The van der Waals surface area contributed by atoms with Crippen LogP contribution >= 0.6 is 0 Å². The molecule has 20 atom stereocenters. The molecule has 101 heavy (non-hydrogen) atoms. The fourth-order valence-corrected chi connectivity index (χ4v) is 18.4. The predicted octanol–water partition coefficient (Wildman–Crippen LogP) is 18.2. The summed E-state index contributed by atoms with van der Waals surface area (Å²) in [5.41, 5.74) is 0. The minimum absolute atomic E-state index is 0.0324. The van der Waals surface area contributed by atoms with Gasteiger partial charge in [0.25, 0.3) is 0 Å². The van der Waals surface area contributed by atoms with E-state index in [-0.39, 0.29) is 95.8 Å². The first-order chi connectivity index (χ1) is 49.3. The van der Waals surface area contributed by atoms with E-state index in [0.29, 0.717) is 91.1 Å². The van der Waals surface area contributed by atoms with Gasteiger partial charge in [-0.1, -0.05) is 144 Å². The van der Waals surface area contributed by atoms with E-state index in [1.54, 1.807) is 0 Å². The highest BCUT2D eigenvalue weighted by molar-refractivity contribution is 5.80. The van der Waals surface area contributed by atoms with Gasteiger partial charge in [0, 0.05) is 49.4 Å². The molecule has 18 nitrogen and oxygen atoms in total. The van der Waals surface area contributed by atoms with Crippen LogP contribution < -0.4 is 0 Å². The molecule has 584 valence electrons. The van der Waals surface area contributed by atoms with Gasteiger partial charge in [0.2, 0.25) is 0 Å². The van der Waals surface area contributed by atoms with Crippen LogP contribution in [0.5, 0.6) is 0 Å². The Morgan fingerprint density at radius 2 is 0.851 bits per heavy atom. The van der Waals surface area contributed by atoms with E-state index in [1.807, 2.05) is 125 Å². The third kappa shape index (κ3) is 25.3. The molecule has 0 N–H and O–H groups in total. The summed E-state index contributed by atoms with van der Waals surface area (Å²) in [6.07, 6.45) is 36.2. The van der Waals surface area contributed by atoms with Crippen LogP contribution in [-0.4, -0.2) is 116 Å². The summed E-state index contributed by atoms with van der Waals surface area (Å²) in [6.45, 7) is 38.1. The number of carbonyl (C=O) groups is 9. The second kappa shape index (κ2) is 49.2. The number of ether oxygens (including phenoxy) is 9. The maximum Gasteiger partial charge on any atom is 0.312 e. The minimum atomic E-state index is -0.0463. The third-order valence-corrected chi connectivity index (χ3v) is 22.8. The molecule has 11 saturated carbocycles. The molecule has 0 spiro atoms. The van der Waals surface area contributed by atoms with Gasteiger partial charge < -0.3 is 42.6 Å². The van der Waals surface area contributed by atoms with Crippen LogP contribution in [-0.2, 0) is 85.8 Å². The fraction of sp³-hybridized carbons (Fsp3) is 0.892. The van der Waals surface area contributed by atoms with Gasteiger partial charge >= 0.3 is 47.8 Å². The molecule has 0 aromatic heterocycles. The van der Waals surface area contributed by atoms with Crippen LogP contribution in [0.15, 0.2) is 0 Å². The molecule has 22 aliphatic rings. The molecule has 11 aliphatic carbocycles. The number of esters is 8. The topological polar surface area (TPSA) is 237 Å². The van der Waals surface area contributed by atoms with E-state index in [2.05, 4.69) is 4.74 Å². The Kier molecular flexibility index (Phi) is 44.2. The Balaban J connectivity index is 0.000000288. The zero-order valence-electron chi connectivity index (χ0n) is 66.6. The summed E-state index contributed by atoms with van der Waals surface area (Å²) in [5, 5.41) is 0. The largest absolute Gasteiger partial charge is 0.466 e. The summed E-state index contributed by atoms with van der Waals surface area (Å²) in [7, 11) is 0. The Morgan fingerprint density at radius 1 is 0.287 bits per heavy atom. The Hall–Kier alpha value is -4.61. The van der Waals surface area contributed by atoms with Crippen molar-refractivity contribution >= 4 is 53.5 Å². The Bertz CT molecular complexity index is 2330. The van der Waals surface area contributed by atoms with Crippen molar-refractivity contribution in [2.75, 3.05) is 19.8 Å². The molecule has 22 fully saturated rings. The van der Waals surface area contributed by atoms with Crippen molar-refractivity contribution in [3.8, 4) is 0 Å². The van der Waals surface area contributed by atoms with E-state index in [4.69, 9.17) is 37.9 Å². The molecule has 11 heterocycles. The number of hydrogen-bond donors (Lipinski definition) is 0. The molecule has 0 radical (unpaired) electrons. The fourth-order valence-electron chi connectivity index (χ4n) is 18.4. The quantitative estimate of drug-likeness (QED) is 0.162. The van der Waals surface area contributed by atoms with Crippen molar-refractivity contribution in [3.05, 3.63) is 0 Å². The summed E-state index contributed by atoms with van der Waals surface area (Å²) in [5.74, 6) is 8.22. The molecule has 0 aromatic carbocycles. The van der Waals surface area contributed by atoms with Crippen LogP contribution in [0.4, 0.5) is 0 Å². The summed E-state index contributed by atoms with van der Waals surface area (Å²) < 4.78 is 45.7. The van der Waals surface area contributed by atoms with Crippen molar-refractivity contribution in [3.63, 3.8) is 0 Å². The Labute approximate surface area is 611 Å². The smallest absolute Gasteiger partial charge is 0.312 e. The highest BCUT2D eigenvalue weighted by Gasteiger charge is 2.59. The van der Waals surface area contributed by atoms with Crippen molar-refractivity contribution in [1.82, 2.24) is 0 Å². The molecular weight excluding hydrogens is 1280 g/mol. The molecule has 0 aromatic rings. The molecule has 11 saturated heterocycles. The van der Waals surface area contributed by atoms with Gasteiger partial charge in [-0.05, 0) is 178 Å². The van der Waals surface area contributed by atoms with E-state index >= 15 is 0 Å². The van der Waals surface area contributed by atoms with Crippen LogP contribution in [0, 0.1) is 88.8 Å². The first-order valence-corrected chi connectivity index (χ1v) is 42.0. The second-order valence-electron chi connectivity index (χ2n) is 27.9. The van der Waals surface area contributed by atoms with Crippen molar-refractivity contribution < 1.29 is 85.8 Å². The van der Waals surface area contributed by atoms with E-state index < -0.39 is 0 Å². The summed E-state index contributed by atoms with van der Waals surface area (Å²) >= 11 is 0. The number of ketones is 1. The monoisotopic (exact) mass is 1430 g/mol. The number of rotatable bonds is 0. The number of Topliss-reactive ketones (excluding diaryl/α,β-unsaturated/α-hetero) is 1. The first kappa shape index (κ1) is 90.6. The van der Waals surface area contributed by atoms with Gasteiger partial charge in [0.15, 0.2) is 0 Å². The van der Waals surface area contributed by atoms with Crippen LogP contribution in [0.1, 0.15) is 324 Å². The first-order valence-electron chi connectivity index (χ1n) is 42.0. The lowest BCUT2D eigenvalue weighted by molar-refractivity contribution is -0.168. The standard InChI is InChI=1S/2C9H12O2.C8H10O2.C8H12O2.C7H8O3.2C7H10O2.C6H10O.C4H6O2.9C2H6/c10-9-8-6-2-1-5(3-6)7(8)4-11-9;10-9-7-3-5-1-2-6(7)8(4-5)11-9;9-8-6-2-4-1-5(6)7(3-4)10-8;9-8-7-4-2-1-3-6(7)5-10-8;8-7-4-1-3-2-5(10-7)6(4)9-3;8-7-5-1-3-6(9-7)4-2-5;8-7-5-2-1-3-6(4-5)9-7;7-6-4-2-1-3-5-6;5-4-2-1-3-6-4;9*1-2/h2*5-8H,1-4H2;4-7H,1-3H2;6-7H,1-5H2;3-6H,1-2H2;2*5-6H,1-4H2;1-5H2;1-3H2;9*1-2H3. The SMILES string of the molecule is CC.CC.CC.CC.CC.CC.CC.CC.CC.O=C1CCCCC1.O=C1CCCO1.O=C1OC2CC3CC1C2C3.O=C1OC2CC3CC1C2O3.O=C1OC2CC3CCC2C1C3.O=C1OC2CCC1CC2.O=C1OC2CCCC1C2.O=C1OCC2C3CCC(C3)C12.O=C1OCC2CCCCC12. The van der Waals surface area contributed by atoms with Gasteiger partial charge in [-0.2, -0.15) is 0 Å². The lowest BCUT2D eigenvalue weighted by Gasteiger charge is -2.38. The number of cyclic esters (lactones) is 3. The molecule has 11 aliphatic heterocycles. The summed E-state index contributed by atoms with van der Waals surface area (Å²) in [4.78, 5) is 97.6. The molecule has 18 heteroatoms. The maximum atomic E-state index is 11.2. The number of carbonyl (C=O) groups excluding carboxylic acids is 9. The molecule has 0 amide bonds. The highest BCUT2D eigenvalue weighted by atomic mass is 16.6. The van der Waals surface area contributed by atoms with Crippen molar-refractivity contribution in [2.24, 2.45) is 88.8 Å². The van der Waals surface area contributed by atoms with Crippen LogP contribution in [0.3, 0.4) is 0 Å². The lowest BCUT2D eigenvalue weighted by atomic mass is 9.65. The second-order valence-corrected chi connectivity index (χ2v) is 27.9. The average molecular weight is 1430 g/mol. The molecule has 20 unspecified atom stereocenters. The predicted molar refractivity (Wildman–Crippen MR) is 394 cm³/mol. The van der Waals surface area contributed by atoms with Gasteiger partial charge in [-0.15, -0.1) is 0 Å². The minimum Gasteiger partial charge on any atom is -0.466 e. The van der Waals surface area contributed by atoms with Gasteiger partial charge in [0.05, 0.1) is 67.3 Å². The van der Waals surface area contributed by atoms with E-state index in [1.165, 1.54) is 70.6 Å². The van der Waals surface area contributed by atoms with Crippen molar-refractivity contribution in [1.29, 1.82) is 0 Å². The number of hydrogen-bond acceptors (Lipinski definition) is 18. The average Bonchev–Trinajstić information content (AvgIpc) is 1.62. The normalized spacial score (nSPS) is 37.0. The van der Waals surface area contributed by atoms with Gasteiger partial charge in [-0.3, -0.25) is 43.2 Å². The maximum absolute atomic E-state index is 11.2. The highest BCUT2D eigenvalue weighted by Crippen LogP contribution is 2.56. The third-order valence-electron chi connectivity index (χ3n) is 22.8. The van der Waals surface area contributed by atoms with Crippen LogP contribution in [0.2, 0.25) is 0 Å². The van der Waals surface area contributed by atoms with Gasteiger partial charge in [0.1, 0.15) is 42.4 Å². The van der Waals surface area contributed by atoms with Crippen LogP contribution in [0.25, 0.3) is 0 Å². The molecular formula is C83H144O18. The molecule has 22 rings (SSSR count). The van der Waals surface area contributed by atoms with E-state index in [0.717, 1.165) is 146 Å². The van der Waals surface area contributed by atoms with E-state index in [9.17, 15) is 43.2 Å². The Morgan fingerprint density at radius 3 is 1.30 bits per heavy atom. The van der Waals surface area contributed by atoms with Crippen molar-refractivity contribution in [2.45, 2.75) is 366 Å². The number of fused-ring (bicyclic) bond motifs is 14. The molecule has 14 bridgehead atoms. The summed E-state index contributed by atoms with van der Waals surface area (Å²) in [6, 6.07) is 0.